The van der Waals surface area contributed by atoms with Gasteiger partial charge in [0.2, 0.25) is 11.8 Å². The van der Waals surface area contributed by atoms with Crippen molar-refractivity contribution in [3.05, 3.63) is 29.1 Å². The van der Waals surface area contributed by atoms with Crippen molar-refractivity contribution in [2.45, 2.75) is 76.5 Å². The van der Waals surface area contributed by atoms with Gasteiger partial charge in [0.1, 0.15) is 11.9 Å². The molecule has 2 fully saturated rings. The monoisotopic (exact) mass is 402 g/mol. The predicted octanol–water partition coefficient (Wildman–Crippen LogP) is 2.11. The Kier molecular flexibility index (Phi) is 5.76. The van der Waals surface area contributed by atoms with E-state index in [9.17, 15) is 14.0 Å². The molecule has 0 radical (unpaired) electrons. The standard InChI is InChI=1S/C22H31FN4O2/c1-13-6-7-19(23)18-11-20(26-21(13)18)22(29)25-15-4-3-5-17(10-15)27-9-8-16(12-27)24-14(2)28/h6-7,15-17,20,26H,3-5,8-12H2,1-2H3,(H,24,28)(H,25,29)/t15-,16?,17?,20?/m1/s1. The number of carbonyl (C=O) groups is 2. The van der Waals surface area contributed by atoms with Crippen LogP contribution in [0.25, 0.3) is 0 Å². The maximum Gasteiger partial charge on any atom is 0.243 e. The number of aryl methyl sites for hydroxylation is 1. The van der Waals surface area contributed by atoms with Crippen LogP contribution in [-0.2, 0) is 16.0 Å². The van der Waals surface area contributed by atoms with Crippen molar-refractivity contribution in [1.82, 2.24) is 15.5 Å². The maximum absolute atomic E-state index is 14.1. The van der Waals surface area contributed by atoms with Crippen LogP contribution in [0.3, 0.4) is 0 Å². The van der Waals surface area contributed by atoms with E-state index in [1.807, 2.05) is 6.92 Å². The summed E-state index contributed by atoms with van der Waals surface area (Å²) in [6.07, 6.45) is 5.53. The van der Waals surface area contributed by atoms with Crippen LogP contribution in [0.15, 0.2) is 12.1 Å². The molecular weight excluding hydrogens is 371 g/mol. The molecule has 2 amide bonds. The van der Waals surface area contributed by atoms with Gasteiger partial charge in [-0.3, -0.25) is 14.5 Å². The Hall–Kier alpha value is -2.15. The second kappa shape index (κ2) is 8.30. The van der Waals surface area contributed by atoms with Crippen LogP contribution < -0.4 is 16.0 Å². The number of amides is 2. The zero-order valence-electron chi connectivity index (χ0n) is 17.3. The lowest BCUT2D eigenvalue weighted by Gasteiger charge is -2.36. The van der Waals surface area contributed by atoms with Crippen LogP contribution >= 0.6 is 0 Å². The second-order valence-electron chi connectivity index (χ2n) is 8.83. The second-order valence-corrected chi connectivity index (χ2v) is 8.83. The van der Waals surface area contributed by atoms with Gasteiger partial charge in [-0.2, -0.15) is 0 Å². The molecule has 1 saturated carbocycles. The van der Waals surface area contributed by atoms with Crippen molar-refractivity contribution in [1.29, 1.82) is 0 Å². The van der Waals surface area contributed by atoms with Crippen LogP contribution in [0.2, 0.25) is 0 Å². The molecule has 7 heteroatoms. The van der Waals surface area contributed by atoms with Crippen molar-refractivity contribution in [2.24, 2.45) is 0 Å². The first kappa shape index (κ1) is 20.1. The highest BCUT2D eigenvalue weighted by atomic mass is 19.1. The minimum atomic E-state index is -0.406. The summed E-state index contributed by atoms with van der Waals surface area (Å²) in [4.78, 5) is 26.6. The van der Waals surface area contributed by atoms with Crippen LogP contribution in [0, 0.1) is 12.7 Å². The summed E-state index contributed by atoms with van der Waals surface area (Å²) in [7, 11) is 0. The molecule has 4 atom stereocenters. The van der Waals surface area contributed by atoms with E-state index in [-0.39, 0.29) is 29.7 Å². The number of likely N-dealkylation sites (tertiary alicyclic amines) is 1. The Morgan fingerprint density at radius 2 is 2.00 bits per heavy atom. The fourth-order valence-electron chi connectivity index (χ4n) is 5.18. The average molecular weight is 403 g/mol. The largest absolute Gasteiger partial charge is 0.373 e. The van der Waals surface area contributed by atoms with E-state index in [4.69, 9.17) is 0 Å². The number of hydrogen-bond acceptors (Lipinski definition) is 4. The number of carbonyl (C=O) groups excluding carboxylic acids is 2. The van der Waals surface area contributed by atoms with Gasteiger partial charge < -0.3 is 16.0 Å². The quantitative estimate of drug-likeness (QED) is 0.721. The number of halogens is 1. The minimum absolute atomic E-state index is 0.0300. The predicted molar refractivity (Wildman–Crippen MR) is 110 cm³/mol. The normalized spacial score (nSPS) is 29.2. The van der Waals surface area contributed by atoms with E-state index in [1.165, 1.54) is 6.07 Å². The van der Waals surface area contributed by atoms with Crippen molar-refractivity contribution in [3.8, 4) is 0 Å². The number of hydrogen-bond donors (Lipinski definition) is 3. The van der Waals surface area contributed by atoms with Gasteiger partial charge in [0, 0.05) is 55.8 Å². The highest BCUT2D eigenvalue weighted by molar-refractivity contribution is 5.88. The summed E-state index contributed by atoms with van der Waals surface area (Å²) in [5.74, 6) is -0.251. The minimum Gasteiger partial charge on any atom is -0.373 e. The van der Waals surface area contributed by atoms with Gasteiger partial charge in [-0.05, 0) is 50.7 Å². The highest BCUT2D eigenvalue weighted by Gasteiger charge is 2.35. The van der Waals surface area contributed by atoms with Crippen LogP contribution in [-0.4, -0.2) is 54.0 Å². The fourth-order valence-corrected chi connectivity index (χ4v) is 5.18. The Morgan fingerprint density at radius 3 is 2.76 bits per heavy atom. The molecule has 0 spiro atoms. The first-order valence-electron chi connectivity index (χ1n) is 10.8. The van der Waals surface area contributed by atoms with Crippen molar-refractivity contribution >= 4 is 17.5 Å². The van der Waals surface area contributed by atoms with Crippen molar-refractivity contribution in [3.63, 3.8) is 0 Å². The lowest BCUT2D eigenvalue weighted by molar-refractivity contribution is -0.123. The molecular formula is C22H31FN4O2. The van der Waals surface area contributed by atoms with Crippen LogP contribution in [0.5, 0.6) is 0 Å². The number of rotatable bonds is 4. The molecule has 1 aromatic rings. The molecule has 1 saturated heterocycles. The smallest absolute Gasteiger partial charge is 0.243 e. The number of fused-ring (bicyclic) bond motifs is 1. The molecule has 0 bridgehead atoms. The Balaban J connectivity index is 1.31. The summed E-state index contributed by atoms with van der Waals surface area (Å²) >= 11 is 0. The van der Waals surface area contributed by atoms with Crippen molar-refractivity contribution < 1.29 is 14.0 Å². The van der Waals surface area contributed by atoms with E-state index >= 15 is 0 Å². The number of anilines is 1. The first-order valence-corrected chi connectivity index (χ1v) is 10.8. The molecule has 29 heavy (non-hydrogen) atoms. The topological polar surface area (TPSA) is 73.5 Å². The molecule has 0 aromatic heterocycles. The molecule has 2 aliphatic heterocycles. The summed E-state index contributed by atoms with van der Waals surface area (Å²) in [5.41, 5.74) is 2.36. The SMILES string of the molecule is CC(=O)NC1CCN(C2CCC[C@@H](NC(=O)C3Cc4c(F)ccc(C)c4N3)C2)C1. The Bertz CT molecular complexity index is 768. The zero-order chi connectivity index (χ0) is 20.5. The van der Waals surface area contributed by atoms with Gasteiger partial charge in [-0.15, -0.1) is 0 Å². The van der Waals surface area contributed by atoms with Gasteiger partial charge in [-0.25, -0.2) is 4.39 Å². The van der Waals surface area contributed by atoms with E-state index in [0.717, 1.165) is 56.4 Å². The van der Waals surface area contributed by atoms with Gasteiger partial charge in [0.25, 0.3) is 0 Å². The third-order valence-electron chi connectivity index (χ3n) is 6.64. The van der Waals surface area contributed by atoms with E-state index in [1.54, 1.807) is 13.0 Å². The lowest BCUT2D eigenvalue weighted by Crippen LogP contribution is -2.49. The van der Waals surface area contributed by atoms with E-state index < -0.39 is 6.04 Å². The maximum atomic E-state index is 14.1. The average Bonchev–Trinajstić information content (AvgIpc) is 3.33. The molecule has 2 heterocycles. The van der Waals surface area contributed by atoms with Gasteiger partial charge in [0.05, 0.1) is 0 Å². The summed E-state index contributed by atoms with van der Waals surface area (Å²) < 4.78 is 14.1. The van der Waals surface area contributed by atoms with Crippen LogP contribution in [0.1, 0.15) is 50.2 Å². The van der Waals surface area contributed by atoms with Gasteiger partial charge >= 0.3 is 0 Å². The number of nitrogens with zero attached hydrogens (tertiary/aromatic N) is 1. The molecule has 1 aliphatic carbocycles. The van der Waals surface area contributed by atoms with Gasteiger partial charge in [0.15, 0.2) is 0 Å². The summed E-state index contributed by atoms with van der Waals surface area (Å²) in [6.45, 7) is 5.39. The molecule has 3 N–H and O–H groups in total. The molecule has 6 nitrogen and oxygen atoms in total. The van der Waals surface area contributed by atoms with E-state index in [0.29, 0.717) is 18.0 Å². The Morgan fingerprint density at radius 1 is 1.17 bits per heavy atom. The molecule has 4 rings (SSSR count). The molecule has 1 aromatic carbocycles. The number of benzene rings is 1. The first-order chi connectivity index (χ1) is 13.9. The third kappa shape index (κ3) is 4.39. The summed E-state index contributed by atoms with van der Waals surface area (Å²) in [5, 5.41) is 9.45. The highest BCUT2D eigenvalue weighted by Crippen LogP contribution is 2.32. The van der Waals surface area contributed by atoms with E-state index in [2.05, 4.69) is 20.9 Å². The van der Waals surface area contributed by atoms with Crippen molar-refractivity contribution in [2.75, 3.05) is 18.4 Å². The molecule has 3 unspecified atom stereocenters. The molecule has 3 aliphatic rings. The van der Waals surface area contributed by atoms with Gasteiger partial charge in [-0.1, -0.05) is 6.07 Å². The summed E-state index contributed by atoms with van der Waals surface area (Å²) in [6, 6.07) is 3.65. The lowest BCUT2D eigenvalue weighted by atomic mass is 9.90. The molecule has 158 valence electrons. The Labute approximate surface area is 171 Å². The number of nitrogens with one attached hydrogen (secondary N) is 3. The fraction of sp³-hybridized carbons (Fsp3) is 0.636. The zero-order valence-corrected chi connectivity index (χ0v) is 17.3. The third-order valence-corrected chi connectivity index (χ3v) is 6.64. The van der Waals surface area contributed by atoms with Crippen LogP contribution in [0.4, 0.5) is 10.1 Å².